The Labute approximate surface area is 117 Å². The number of aromatic nitrogens is 3. The molecule has 2 heterocycles. The molecule has 4 nitrogen and oxygen atoms in total. The van der Waals surface area contributed by atoms with Crippen molar-refractivity contribution in [2.24, 2.45) is 0 Å². The average Bonchev–Trinajstić information content (AvgIpc) is 2.93. The molecule has 0 spiro atoms. The van der Waals surface area contributed by atoms with Gasteiger partial charge in [0.1, 0.15) is 11.5 Å². The van der Waals surface area contributed by atoms with Gasteiger partial charge in [-0.25, -0.2) is 0 Å². The van der Waals surface area contributed by atoms with E-state index in [2.05, 4.69) is 39.4 Å². The highest BCUT2D eigenvalue weighted by atomic mass is 16.5. The molecule has 2 aromatic heterocycles. The zero-order valence-corrected chi connectivity index (χ0v) is 11.3. The fourth-order valence-electron chi connectivity index (χ4n) is 2.08. The molecule has 0 saturated heterocycles. The summed E-state index contributed by atoms with van der Waals surface area (Å²) in [7, 11) is 0. The molecule has 0 radical (unpaired) electrons. The first-order valence-electron chi connectivity index (χ1n) is 6.59. The van der Waals surface area contributed by atoms with Crippen LogP contribution in [0.2, 0.25) is 0 Å². The number of aryl methyl sites for hydroxylation is 3. The van der Waals surface area contributed by atoms with Gasteiger partial charge in [-0.3, -0.25) is 9.97 Å². The Morgan fingerprint density at radius 2 is 1.90 bits per heavy atom. The van der Waals surface area contributed by atoms with Crippen LogP contribution in [0.15, 0.2) is 53.4 Å². The van der Waals surface area contributed by atoms with Crippen molar-refractivity contribution in [3.05, 3.63) is 65.9 Å². The summed E-state index contributed by atoms with van der Waals surface area (Å²) in [5.74, 6) is 0.826. The summed E-state index contributed by atoms with van der Waals surface area (Å²) in [6.07, 6.45) is 7.09. The Balaban J connectivity index is 1.67. The zero-order chi connectivity index (χ0) is 13.8. The molecule has 0 bridgehead atoms. The second kappa shape index (κ2) is 5.65. The van der Waals surface area contributed by atoms with E-state index in [1.54, 1.807) is 12.4 Å². The van der Waals surface area contributed by atoms with Crippen LogP contribution in [0, 0.1) is 6.92 Å². The summed E-state index contributed by atoms with van der Waals surface area (Å²) in [5, 5.41) is 4.02. The van der Waals surface area contributed by atoms with Crippen molar-refractivity contribution in [2.75, 3.05) is 0 Å². The summed E-state index contributed by atoms with van der Waals surface area (Å²) >= 11 is 0. The molecule has 20 heavy (non-hydrogen) atoms. The third kappa shape index (κ3) is 2.91. The summed E-state index contributed by atoms with van der Waals surface area (Å²) in [4.78, 5) is 8.35. The fourth-order valence-corrected chi connectivity index (χ4v) is 2.08. The first-order chi connectivity index (χ1) is 9.81. The minimum atomic E-state index is 0.826. The van der Waals surface area contributed by atoms with E-state index in [1.165, 1.54) is 5.56 Å². The van der Waals surface area contributed by atoms with Gasteiger partial charge in [-0.1, -0.05) is 29.4 Å². The summed E-state index contributed by atoms with van der Waals surface area (Å²) < 4.78 is 5.09. The van der Waals surface area contributed by atoms with Crippen LogP contribution in [0.5, 0.6) is 0 Å². The van der Waals surface area contributed by atoms with Crippen LogP contribution in [0.25, 0.3) is 11.3 Å². The SMILES string of the molecule is Cc1cc(-c2ccc(CCc3cnccn3)cc2)no1. The maximum Gasteiger partial charge on any atom is 0.134 e. The summed E-state index contributed by atoms with van der Waals surface area (Å²) in [6, 6.07) is 10.3. The highest BCUT2D eigenvalue weighted by molar-refractivity contribution is 5.59. The van der Waals surface area contributed by atoms with Crippen molar-refractivity contribution in [1.82, 2.24) is 15.1 Å². The molecule has 0 N–H and O–H groups in total. The van der Waals surface area contributed by atoms with Crippen molar-refractivity contribution < 1.29 is 4.52 Å². The lowest BCUT2D eigenvalue weighted by atomic mass is 10.0. The largest absolute Gasteiger partial charge is 0.361 e. The van der Waals surface area contributed by atoms with Crippen molar-refractivity contribution in [3.63, 3.8) is 0 Å². The molecule has 0 saturated carbocycles. The van der Waals surface area contributed by atoms with Crippen LogP contribution in [0.1, 0.15) is 17.0 Å². The second-order valence-corrected chi connectivity index (χ2v) is 4.72. The van der Waals surface area contributed by atoms with Gasteiger partial charge in [-0.05, 0) is 25.3 Å². The predicted molar refractivity (Wildman–Crippen MR) is 76.1 cm³/mol. The number of benzene rings is 1. The van der Waals surface area contributed by atoms with E-state index in [0.717, 1.165) is 35.6 Å². The van der Waals surface area contributed by atoms with Gasteiger partial charge in [0.15, 0.2) is 0 Å². The number of rotatable bonds is 4. The van der Waals surface area contributed by atoms with E-state index in [-0.39, 0.29) is 0 Å². The highest BCUT2D eigenvalue weighted by Crippen LogP contribution is 2.19. The van der Waals surface area contributed by atoms with Gasteiger partial charge in [0.25, 0.3) is 0 Å². The molecule has 3 rings (SSSR count). The molecular weight excluding hydrogens is 250 g/mol. The Hall–Kier alpha value is -2.49. The van der Waals surface area contributed by atoms with E-state index in [1.807, 2.05) is 19.2 Å². The molecule has 0 aliphatic carbocycles. The lowest BCUT2D eigenvalue weighted by molar-refractivity contribution is 0.399. The van der Waals surface area contributed by atoms with Crippen molar-refractivity contribution in [3.8, 4) is 11.3 Å². The number of nitrogens with zero attached hydrogens (tertiary/aromatic N) is 3. The Morgan fingerprint density at radius 1 is 1.05 bits per heavy atom. The zero-order valence-electron chi connectivity index (χ0n) is 11.3. The van der Waals surface area contributed by atoms with Gasteiger partial charge < -0.3 is 4.52 Å². The lowest BCUT2D eigenvalue weighted by Gasteiger charge is -2.02. The monoisotopic (exact) mass is 265 g/mol. The van der Waals surface area contributed by atoms with Crippen LogP contribution >= 0.6 is 0 Å². The smallest absolute Gasteiger partial charge is 0.134 e. The van der Waals surface area contributed by atoms with E-state index >= 15 is 0 Å². The topological polar surface area (TPSA) is 51.8 Å². The standard InChI is InChI=1S/C16H15N3O/c1-12-10-16(19-20-12)14-5-2-13(3-6-14)4-7-15-11-17-8-9-18-15/h2-3,5-6,8-11H,4,7H2,1H3. The first-order valence-corrected chi connectivity index (χ1v) is 6.59. The minimum absolute atomic E-state index is 0.826. The van der Waals surface area contributed by atoms with Crippen molar-refractivity contribution >= 4 is 0 Å². The van der Waals surface area contributed by atoms with Crippen LogP contribution in [-0.4, -0.2) is 15.1 Å². The summed E-state index contributed by atoms with van der Waals surface area (Å²) in [5.41, 5.74) is 4.25. The predicted octanol–water partition coefficient (Wildman–Crippen LogP) is 3.23. The molecule has 0 aliphatic rings. The Morgan fingerprint density at radius 3 is 2.55 bits per heavy atom. The fraction of sp³-hybridized carbons (Fsp3) is 0.188. The van der Waals surface area contributed by atoms with Gasteiger partial charge in [-0.15, -0.1) is 0 Å². The first kappa shape index (κ1) is 12.5. The molecule has 0 aliphatic heterocycles. The third-order valence-corrected chi connectivity index (χ3v) is 3.16. The highest BCUT2D eigenvalue weighted by Gasteiger charge is 2.04. The van der Waals surface area contributed by atoms with Crippen molar-refractivity contribution in [2.45, 2.75) is 19.8 Å². The van der Waals surface area contributed by atoms with Gasteiger partial charge in [0.2, 0.25) is 0 Å². The maximum atomic E-state index is 5.09. The van der Waals surface area contributed by atoms with E-state index < -0.39 is 0 Å². The summed E-state index contributed by atoms with van der Waals surface area (Å²) in [6.45, 7) is 1.89. The molecular formula is C16H15N3O. The second-order valence-electron chi connectivity index (χ2n) is 4.72. The van der Waals surface area contributed by atoms with E-state index in [4.69, 9.17) is 4.52 Å². The number of hydrogen-bond donors (Lipinski definition) is 0. The molecule has 100 valence electrons. The van der Waals surface area contributed by atoms with Crippen LogP contribution in [0.4, 0.5) is 0 Å². The molecule has 1 aromatic carbocycles. The van der Waals surface area contributed by atoms with Gasteiger partial charge >= 0.3 is 0 Å². The molecule has 3 aromatic rings. The minimum Gasteiger partial charge on any atom is -0.361 e. The molecule has 0 unspecified atom stereocenters. The van der Waals surface area contributed by atoms with Crippen LogP contribution < -0.4 is 0 Å². The lowest BCUT2D eigenvalue weighted by Crippen LogP contribution is -1.94. The molecule has 0 amide bonds. The van der Waals surface area contributed by atoms with Gasteiger partial charge in [-0.2, -0.15) is 0 Å². The normalized spacial score (nSPS) is 10.7. The Kier molecular flexibility index (Phi) is 3.54. The van der Waals surface area contributed by atoms with E-state index in [9.17, 15) is 0 Å². The molecule has 4 heteroatoms. The molecule has 0 atom stereocenters. The Bertz CT molecular complexity index is 674. The van der Waals surface area contributed by atoms with Crippen LogP contribution in [-0.2, 0) is 12.8 Å². The van der Waals surface area contributed by atoms with Crippen LogP contribution in [0.3, 0.4) is 0 Å². The molecule has 0 fully saturated rings. The average molecular weight is 265 g/mol. The van der Waals surface area contributed by atoms with E-state index in [0.29, 0.717) is 0 Å². The van der Waals surface area contributed by atoms with Crippen molar-refractivity contribution in [1.29, 1.82) is 0 Å². The van der Waals surface area contributed by atoms with Gasteiger partial charge in [0, 0.05) is 30.2 Å². The number of hydrogen-bond acceptors (Lipinski definition) is 4. The maximum absolute atomic E-state index is 5.09. The third-order valence-electron chi connectivity index (χ3n) is 3.16. The quantitative estimate of drug-likeness (QED) is 0.726. The van der Waals surface area contributed by atoms with Gasteiger partial charge in [0.05, 0.1) is 5.69 Å².